The minimum absolute atomic E-state index is 0.100. The second-order valence-corrected chi connectivity index (χ2v) is 5.10. The lowest BCUT2D eigenvalue weighted by molar-refractivity contribution is -0.138. The van der Waals surface area contributed by atoms with Crippen molar-refractivity contribution in [2.24, 2.45) is 5.92 Å². The monoisotopic (exact) mass is 259 g/mol. The molecule has 2 aromatic rings. The van der Waals surface area contributed by atoms with Gasteiger partial charge in [0.1, 0.15) is 5.52 Å². The van der Waals surface area contributed by atoms with Crippen LogP contribution >= 0.6 is 0 Å². The van der Waals surface area contributed by atoms with E-state index >= 15 is 0 Å². The maximum Gasteiger partial charge on any atom is 0.225 e. The number of nitrogen functional groups attached to an aromatic ring is 1. The number of oxazole rings is 1. The van der Waals surface area contributed by atoms with Gasteiger partial charge in [-0.25, -0.2) is 4.98 Å². The number of carbonyl (C=O) groups excluding carboxylic acids is 1. The van der Waals surface area contributed by atoms with Gasteiger partial charge in [0.15, 0.2) is 5.58 Å². The molecule has 2 heterocycles. The predicted molar refractivity (Wildman–Crippen MR) is 72.2 cm³/mol. The van der Waals surface area contributed by atoms with Crippen molar-refractivity contribution < 1.29 is 9.21 Å². The summed E-state index contributed by atoms with van der Waals surface area (Å²) in [5.74, 6) is 0.833. The van der Waals surface area contributed by atoms with Gasteiger partial charge in [0.2, 0.25) is 11.8 Å². The van der Waals surface area contributed by atoms with Gasteiger partial charge in [-0.2, -0.15) is 0 Å². The summed E-state index contributed by atoms with van der Waals surface area (Å²) < 4.78 is 5.65. The molecule has 1 amide bonds. The number of anilines is 1. The van der Waals surface area contributed by atoms with E-state index < -0.39 is 0 Å². The largest absolute Gasteiger partial charge is 0.439 e. The highest BCUT2D eigenvalue weighted by Gasteiger charge is 2.26. The van der Waals surface area contributed by atoms with E-state index in [1.807, 2.05) is 24.0 Å². The lowest BCUT2D eigenvalue weighted by Gasteiger charge is -2.29. The summed E-state index contributed by atoms with van der Waals surface area (Å²) in [5, 5.41) is 0. The Balaban J connectivity index is 1.85. The molecule has 1 aromatic heterocycles. The number of likely N-dealkylation sites (tertiary alicyclic amines) is 1. The summed E-state index contributed by atoms with van der Waals surface area (Å²) in [7, 11) is 0. The summed E-state index contributed by atoms with van der Waals surface area (Å²) in [6.45, 7) is 3.17. The van der Waals surface area contributed by atoms with Crippen molar-refractivity contribution in [3.63, 3.8) is 0 Å². The van der Waals surface area contributed by atoms with Crippen molar-refractivity contribution in [3.05, 3.63) is 24.1 Å². The Morgan fingerprint density at radius 2 is 2.37 bits per heavy atom. The van der Waals surface area contributed by atoms with Gasteiger partial charge >= 0.3 is 0 Å². The number of amides is 1. The number of para-hydroxylation sites is 1. The molecular formula is C14H17N3O2. The second-order valence-electron chi connectivity index (χ2n) is 5.10. The molecule has 0 saturated carbocycles. The molecule has 1 aromatic carbocycles. The quantitative estimate of drug-likeness (QED) is 0.839. The smallest absolute Gasteiger partial charge is 0.225 e. The SMILES string of the molecule is CC1CCCN(Cc2nc3c(N)cccc3o2)C1=O. The minimum atomic E-state index is 0.100. The number of fused-ring (bicyclic) bond motifs is 1. The molecule has 100 valence electrons. The van der Waals surface area contributed by atoms with Gasteiger partial charge in [0, 0.05) is 12.5 Å². The first-order chi connectivity index (χ1) is 9.15. The molecular weight excluding hydrogens is 242 g/mol. The Morgan fingerprint density at radius 1 is 1.53 bits per heavy atom. The molecule has 1 fully saturated rings. The zero-order chi connectivity index (χ0) is 13.4. The van der Waals surface area contributed by atoms with Crippen molar-refractivity contribution in [3.8, 4) is 0 Å². The van der Waals surface area contributed by atoms with Crippen molar-refractivity contribution in [2.75, 3.05) is 12.3 Å². The van der Waals surface area contributed by atoms with E-state index in [1.54, 1.807) is 6.07 Å². The topological polar surface area (TPSA) is 72.4 Å². The molecule has 1 saturated heterocycles. The molecule has 5 heteroatoms. The van der Waals surface area contributed by atoms with Gasteiger partial charge < -0.3 is 15.1 Å². The Hall–Kier alpha value is -2.04. The number of nitrogens with zero attached hydrogens (tertiary/aromatic N) is 2. The molecule has 19 heavy (non-hydrogen) atoms. The van der Waals surface area contributed by atoms with E-state index in [0.717, 1.165) is 19.4 Å². The van der Waals surface area contributed by atoms with Crippen LogP contribution in [0.25, 0.3) is 11.1 Å². The molecule has 1 atom stereocenters. The van der Waals surface area contributed by atoms with Crippen molar-refractivity contribution >= 4 is 22.7 Å². The third-order valence-corrected chi connectivity index (χ3v) is 3.62. The average molecular weight is 259 g/mol. The number of carbonyl (C=O) groups is 1. The van der Waals surface area contributed by atoms with E-state index in [9.17, 15) is 4.79 Å². The van der Waals surface area contributed by atoms with Crippen LogP contribution in [0.2, 0.25) is 0 Å². The molecule has 1 aliphatic heterocycles. The standard InChI is InChI=1S/C14H17N3O2/c1-9-4-3-7-17(14(9)18)8-12-16-13-10(15)5-2-6-11(13)19-12/h2,5-6,9H,3-4,7-8,15H2,1H3. The van der Waals surface area contributed by atoms with Gasteiger partial charge in [-0.1, -0.05) is 13.0 Å². The number of piperidine rings is 1. The zero-order valence-electron chi connectivity index (χ0n) is 10.9. The van der Waals surface area contributed by atoms with Crippen LogP contribution in [-0.4, -0.2) is 22.3 Å². The van der Waals surface area contributed by atoms with Gasteiger partial charge in [-0.05, 0) is 25.0 Å². The molecule has 2 N–H and O–H groups in total. The van der Waals surface area contributed by atoms with Crippen LogP contribution in [0.5, 0.6) is 0 Å². The summed E-state index contributed by atoms with van der Waals surface area (Å²) in [4.78, 5) is 18.2. The van der Waals surface area contributed by atoms with E-state index in [2.05, 4.69) is 4.98 Å². The van der Waals surface area contributed by atoms with Crippen LogP contribution in [0, 0.1) is 5.92 Å². The van der Waals surface area contributed by atoms with E-state index in [1.165, 1.54) is 0 Å². The highest BCUT2D eigenvalue weighted by atomic mass is 16.3. The number of rotatable bonds is 2. The Bertz CT molecular complexity index is 620. The Kier molecular flexibility index (Phi) is 2.89. The molecule has 0 radical (unpaired) electrons. The lowest BCUT2D eigenvalue weighted by atomic mass is 9.99. The van der Waals surface area contributed by atoms with Crippen LogP contribution < -0.4 is 5.73 Å². The van der Waals surface area contributed by atoms with Crippen molar-refractivity contribution in [1.82, 2.24) is 9.88 Å². The Morgan fingerprint density at radius 3 is 3.16 bits per heavy atom. The minimum Gasteiger partial charge on any atom is -0.439 e. The maximum absolute atomic E-state index is 12.0. The van der Waals surface area contributed by atoms with Crippen molar-refractivity contribution in [2.45, 2.75) is 26.3 Å². The fraction of sp³-hybridized carbons (Fsp3) is 0.429. The molecule has 5 nitrogen and oxygen atoms in total. The zero-order valence-corrected chi connectivity index (χ0v) is 10.9. The summed E-state index contributed by atoms with van der Waals surface area (Å²) in [6.07, 6.45) is 2.01. The van der Waals surface area contributed by atoms with Gasteiger partial charge in [-0.15, -0.1) is 0 Å². The first-order valence-electron chi connectivity index (χ1n) is 6.58. The summed E-state index contributed by atoms with van der Waals surface area (Å²) in [5.41, 5.74) is 7.80. The van der Waals surface area contributed by atoms with E-state index in [4.69, 9.17) is 10.2 Å². The first kappa shape index (κ1) is 12.0. The van der Waals surface area contributed by atoms with Crippen LogP contribution in [0.1, 0.15) is 25.7 Å². The molecule has 1 aliphatic rings. The van der Waals surface area contributed by atoms with Crippen molar-refractivity contribution in [1.29, 1.82) is 0 Å². The number of aromatic nitrogens is 1. The molecule has 0 spiro atoms. The second kappa shape index (κ2) is 4.57. The summed E-state index contributed by atoms with van der Waals surface area (Å²) >= 11 is 0. The highest BCUT2D eigenvalue weighted by Crippen LogP contribution is 2.24. The number of benzene rings is 1. The first-order valence-corrected chi connectivity index (χ1v) is 6.58. The third kappa shape index (κ3) is 2.16. The average Bonchev–Trinajstić information content (AvgIpc) is 2.79. The number of hydrogen-bond acceptors (Lipinski definition) is 4. The van der Waals surface area contributed by atoms with Crippen LogP contribution in [0.4, 0.5) is 5.69 Å². The fourth-order valence-electron chi connectivity index (χ4n) is 2.54. The van der Waals surface area contributed by atoms with Gasteiger partial charge in [0.05, 0.1) is 12.2 Å². The van der Waals surface area contributed by atoms with E-state index in [0.29, 0.717) is 29.2 Å². The van der Waals surface area contributed by atoms with Gasteiger partial charge in [-0.3, -0.25) is 4.79 Å². The van der Waals surface area contributed by atoms with Crippen LogP contribution in [-0.2, 0) is 11.3 Å². The molecule has 0 aliphatic carbocycles. The molecule has 3 rings (SSSR count). The molecule has 1 unspecified atom stereocenters. The summed E-state index contributed by atoms with van der Waals surface area (Å²) in [6, 6.07) is 5.46. The Labute approximate surface area is 111 Å². The van der Waals surface area contributed by atoms with Gasteiger partial charge in [0.25, 0.3) is 0 Å². The third-order valence-electron chi connectivity index (χ3n) is 3.62. The van der Waals surface area contributed by atoms with E-state index in [-0.39, 0.29) is 11.8 Å². The van der Waals surface area contributed by atoms with Crippen LogP contribution in [0.3, 0.4) is 0 Å². The maximum atomic E-state index is 12.0. The molecule has 0 bridgehead atoms. The number of nitrogens with two attached hydrogens (primary N) is 1. The fourth-order valence-corrected chi connectivity index (χ4v) is 2.54. The normalized spacial score (nSPS) is 20.2. The highest BCUT2D eigenvalue weighted by molar-refractivity contribution is 5.85. The van der Waals surface area contributed by atoms with Crippen LogP contribution in [0.15, 0.2) is 22.6 Å². The lowest BCUT2D eigenvalue weighted by Crippen LogP contribution is -2.39. The predicted octanol–water partition coefficient (Wildman–Crippen LogP) is 2.17. The number of hydrogen-bond donors (Lipinski definition) is 1.